The fourth-order valence-electron chi connectivity index (χ4n) is 2.15. The quantitative estimate of drug-likeness (QED) is 0.841. The van der Waals surface area contributed by atoms with Crippen LogP contribution < -0.4 is 10.2 Å². The van der Waals surface area contributed by atoms with Gasteiger partial charge in [-0.3, -0.25) is 0 Å². The molecule has 20 heavy (non-hydrogen) atoms. The number of rotatable bonds is 7. The van der Waals surface area contributed by atoms with Crippen LogP contribution in [-0.2, 0) is 4.74 Å². The van der Waals surface area contributed by atoms with Crippen LogP contribution in [0.2, 0.25) is 0 Å². The first-order chi connectivity index (χ1) is 9.80. The molecule has 1 aromatic heterocycles. The number of nitrogens with one attached hydrogen (secondary N) is 1. The molecule has 0 saturated carbocycles. The van der Waals surface area contributed by atoms with Crippen LogP contribution in [0.4, 0.5) is 11.8 Å². The Balaban J connectivity index is 2.47. The summed E-state index contributed by atoms with van der Waals surface area (Å²) in [6, 6.07) is 8.11. The summed E-state index contributed by atoms with van der Waals surface area (Å²) in [6.45, 7) is 7.36. The van der Waals surface area contributed by atoms with Crippen molar-refractivity contribution in [3.63, 3.8) is 0 Å². The van der Waals surface area contributed by atoms with E-state index in [2.05, 4.69) is 33.2 Å². The van der Waals surface area contributed by atoms with Crippen molar-refractivity contribution >= 4 is 22.7 Å². The highest BCUT2D eigenvalue weighted by atomic mass is 16.5. The number of ether oxygens (including phenoxy) is 1. The summed E-state index contributed by atoms with van der Waals surface area (Å²) < 4.78 is 5.18. The summed E-state index contributed by atoms with van der Waals surface area (Å²) in [5.74, 6) is 1.64. The molecule has 2 aromatic rings. The minimum atomic E-state index is 0.678. The molecule has 0 aliphatic rings. The standard InChI is InChI=1S/C15H22N4O/c1-4-16-15-17-13-9-7-6-8-12(13)14(18-15)19(5-2)10-11-20-3/h6-9H,4-5,10-11H2,1-3H3,(H,16,17,18). The van der Waals surface area contributed by atoms with Gasteiger partial charge in [0.15, 0.2) is 0 Å². The Morgan fingerprint density at radius 2 is 2.00 bits per heavy atom. The van der Waals surface area contributed by atoms with Crippen molar-refractivity contribution in [1.82, 2.24) is 9.97 Å². The molecule has 0 bridgehead atoms. The zero-order valence-electron chi connectivity index (χ0n) is 12.4. The maximum Gasteiger partial charge on any atom is 0.225 e. The lowest BCUT2D eigenvalue weighted by Crippen LogP contribution is -2.28. The van der Waals surface area contributed by atoms with Gasteiger partial charge in [0.2, 0.25) is 5.95 Å². The van der Waals surface area contributed by atoms with Crippen molar-refractivity contribution < 1.29 is 4.74 Å². The lowest BCUT2D eigenvalue weighted by atomic mass is 10.2. The van der Waals surface area contributed by atoms with E-state index < -0.39 is 0 Å². The van der Waals surface area contributed by atoms with E-state index in [0.29, 0.717) is 12.6 Å². The molecule has 1 aromatic carbocycles. The Bertz CT molecular complexity index is 559. The van der Waals surface area contributed by atoms with Gasteiger partial charge in [0.1, 0.15) is 5.82 Å². The SMILES string of the molecule is CCNc1nc(N(CC)CCOC)c2ccccc2n1. The second-order valence-electron chi connectivity index (χ2n) is 4.49. The van der Waals surface area contributed by atoms with Crippen molar-refractivity contribution in [2.45, 2.75) is 13.8 Å². The normalized spacial score (nSPS) is 10.8. The average Bonchev–Trinajstić information content (AvgIpc) is 2.48. The molecular weight excluding hydrogens is 252 g/mol. The number of anilines is 2. The fraction of sp³-hybridized carbons (Fsp3) is 0.467. The maximum atomic E-state index is 5.18. The number of para-hydroxylation sites is 1. The molecule has 0 radical (unpaired) electrons. The number of methoxy groups -OCH3 is 1. The zero-order chi connectivity index (χ0) is 14.4. The van der Waals surface area contributed by atoms with Gasteiger partial charge in [-0.15, -0.1) is 0 Å². The van der Waals surface area contributed by atoms with Gasteiger partial charge in [-0.2, -0.15) is 4.98 Å². The lowest BCUT2D eigenvalue weighted by Gasteiger charge is -2.23. The second kappa shape index (κ2) is 7.05. The Hall–Kier alpha value is -1.88. The average molecular weight is 274 g/mol. The molecule has 0 fully saturated rings. The first kappa shape index (κ1) is 14.5. The summed E-state index contributed by atoms with van der Waals surface area (Å²) in [5.41, 5.74) is 0.962. The minimum Gasteiger partial charge on any atom is -0.383 e. The second-order valence-corrected chi connectivity index (χ2v) is 4.49. The van der Waals surface area contributed by atoms with Gasteiger partial charge in [0.05, 0.1) is 12.1 Å². The first-order valence-corrected chi connectivity index (χ1v) is 7.04. The number of fused-ring (bicyclic) bond motifs is 1. The number of benzene rings is 1. The Labute approximate surface area is 120 Å². The Morgan fingerprint density at radius 1 is 1.20 bits per heavy atom. The molecule has 108 valence electrons. The maximum absolute atomic E-state index is 5.18. The van der Waals surface area contributed by atoms with Crippen LogP contribution in [0.1, 0.15) is 13.8 Å². The third kappa shape index (κ3) is 3.17. The van der Waals surface area contributed by atoms with Gasteiger partial charge in [-0.05, 0) is 26.0 Å². The van der Waals surface area contributed by atoms with E-state index >= 15 is 0 Å². The van der Waals surface area contributed by atoms with Gasteiger partial charge >= 0.3 is 0 Å². The molecule has 1 heterocycles. The van der Waals surface area contributed by atoms with Gasteiger partial charge in [-0.1, -0.05) is 12.1 Å². The van der Waals surface area contributed by atoms with E-state index in [0.717, 1.165) is 36.4 Å². The Morgan fingerprint density at radius 3 is 2.70 bits per heavy atom. The number of aromatic nitrogens is 2. The lowest BCUT2D eigenvalue weighted by molar-refractivity contribution is 0.205. The molecule has 0 aliphatic carbocycles. The van der Waals surface area contributed by atoms with Crippen LogP contribution >= 0.6 is 0 Å². The summed E-state index contributed by atoms with van der Waals surface area (Å²) >= 11 is 0. The molecule has 5 heteroatoms. The number of nitrogens with zero attached hydrogens (tertiary/aromatic N) is 3. The highest BCUT2D eigenvalue weighted by molar-refractivity contribution is 5.90. The Kier molecular flexibility index (Phi) is 5.12. The molecule has 0 aliphatic heterocycles. The monoisotopic (exact) mass is 274 g/mol. The topological polar surface area (TPSA) is 50.3 Å². The molecule has 1 N–H and O–H groups in total. The third-order valence-electron chi connectivity index (χ3n) is 3.16. The fourth-order valence-corrected chi connectivity index (χ4v) is 2.15. The largest absolute Gasteiger partial charge is 0.383 e. The summed E-state index contributed by atoms with van der Waals surface area (Å²) in [5, 5.41) is 4.27. The van der Waals surface area contributed by atoms with Gasteiger partial charge in [-0.25, -0.2) is 4.98 Å². The van der Waals surface area contributed by atoms with E-state index in [1.54, 1.807) is 7.11 Å². The van der Waals surface area contributed by atoms with Crippen LogP contribution in [-0.4, -0.2) is 43.3 Å². The highest BCUT2D eigenvalue weighted by Crippen LogP contribution is 2.25. The van der Waals surface area contributed by atoms with Crippen LogP contribution in [0.25, 0.3) is 10.9 Å². The van der Waals surface area contributed by atoms with Gasteiger partial charge < -0.3 is 15.0 Å². The number of hydrogen-bond acceptors (Lipinski definition) is 5. The zero-order valence-corrected chi connectivity index (χ0v) is 12.4. The van der Waals surface area contributed by atoms with Crippen LogP contribution in [0.3, 0.4) is 0 Å². The summed E-state index contributed by atoms with van der Waals surface area (Å²) in [7, 11) is 1.72. The summed E-state index contributed by atoms with van der Waals surface area (Å²) in [4.78, 5) is 11.4. The van der Waals surface area contributed by atoms with Crippen molar-refractivity contribution in [3.05, 3.63) is 24.3 Å². The van der Waals surface area contributed by atoms with Crippen LogP contribution in [0.15, 0.2) is 24.3 Å². The molecule has 0 saturated heterocycles. The smallest absolute Gasteiger partial charge is 0.225 e. The van der Waals surface area contributed by atoms with Gasteiger partial charge in [0, 0.05) is 32.1 Å². The van der Waals surface area contributed by atoms with Crippen LogP contribution in [0, 0.1) is 0 Å². The van der Waals surface area contributed by atoms with Crippen molar-refractivity contribution in [2.75, 3.05) is 43.6 Å². The predicted molar refractivity (Wildman–Crippen MR) is 83.5 cm³/mol. The van der Waals surface area contributed by atoms with E-state index in [-0.39, 0.29) is 0 Å². The van der Waals surface area contributed by atoms with Gasteiger partial charge in [0.25, 0.3) is 0 Å². The molecule has 2 rings (SSSR count). The summed E-state index contributed by atoms with van der Waals surface area (Å²) in [6.07, 6.45) is 0. The van der Waals surface area contributed by atoms with E-state index in [4.69, 9.17) is 4.74 Å². The van der Waals surface area contributed by atoms with Crippen molar-refractivity contribution in [1.29, 1.82) is 0 Å². The van der Waals surface area contributed by atoms with Crippen molar-refractivity contribution in [2.24, 2.45) is 0 Å². The molecule has 0 amide bonds. The third-order valence-corrected chi connectivity index (χ3v) is 3.16. The molecule has 0 unspecified atom stereocenters. The van der Waals surface area contributed by atoms with Crippen LogP contribution in [0.5, 0.6) is 0 Å². The highest BCUT2D eigenvalue weighted by Gasteiger charge is 2.12. The van der Waals surface area contributed by atoms with E-state index in [1.165, 1.54) is 0 Å². The predicted octanol–water partition coefficient (Wildman–Crippen LogP) is 2.53. The first-order valence-electron chi connectivity index (χ1n) is 7.04. The molecule has 0 atom stereocenters. The van der Waals surface area contributed by atoms with E-state index in [9.17, 15) is 0 Å². The number of likely N-dealkylation sites (N-methyl/N-ethyl adjacent to an activating group) is 1. The number of hydrogen-bond donors (Lipinski definition) is 1. The minimum absolute atomic E-state index is 0.678. The van der Waals surface area contributed by atoms with Crippen molar-refractivity contribution in [3.8, 4) is 0 Å². The van der Waals surface area contributed by atoms with E-state index in [1.807, 2.05) is 25.1 Å². The molecule has 0 spiro atoms. The molecular formula is C15H22N4O. The molecule has 5 nitrogen and oxygen atoms in total.